The van der Waals surface area contributed by atoms with E-state index in [1.807, 2.05) is 18.2 Å². The Morgan fingerprint density at radius 2 is 1.85 bits per heavy atom. The molecule has 3 nitrogen and oxygen atoms in total. The molecule has 0 saturated carbocycles. The zero-order valence-corrected chi connectivity index (χ0v) is 11.0. The lowest BCUT2D eigenvalue weighted by atomic mass is 10.2. The van der Waals surface area contributed by atoms with Crippen LogP contribution in [0.25, 0.3) is 11.0 Å². The molecule has 102 valence electrons. The number of nitrogens with two attached hydrogens (primary N) is 1. The number of benzene rings is 2. The topological polar surface area (TPSA) is 43.8 Å². The third kappa shape index (κ3) is 2.10. The van der Waals surface area contributed by atoms with Gasteiger partial charge in [0.1, 0.15) is 0 Å². The molecule has 0 saturated heterocycles. The zero-order valence-electron chi connectivity index (χ0n) is 10.3. The first-order chi connectivity index (χ1) is 9.56. The summed E-state index contributed by atoms with van der Waals surface area (Å²) in [6.45, 7) is 0.340. The summed E-state index contributed by atoms with van der Waals surface area (Å²) < 4.78 is 28.2. The van der Waals surface area contributed by atoms with E-state index in [-0.39, 0.29) is 5.95 Å². The maximum Gasteiger partial charge on any atom is 0.201 e. The molecule has 2 N–H and O–H groups in total. The number of aromatic nitrogens is 2. The Hall–Kier alpha value is -2.14. The van der Waals surface area contributed by atoms with Gasteiger partial charge in [0.05, 0.1) is 17.6 Å². The summed E-state index contributed by atoms with van der Waals surface area (Å²) in [5, 5.41) is 0.580. The van der Waals surface area contributed by atoms with E-state index < -0.39 is 11.6 Å². The molecule has 2 aromatic carbocycles. The predicted molar refractivity (Wildman–Crippen MR) is 74.6 cm³/mol. The van der Waals surface area contributed by atoms with Crippen LogP contribution in [0.2, 0.25) is 5.02 Å². The van der Waals surface area contributed by atoms with Crippen LogP contribution in [-0.2, 0) is 6.54 Å². The standard InChI is InChI=1S/C14H10ClF2N3/c15-9-4-2-1-3-8(9)7-20-13-6-11(17)10(16)5-12(13)19-14(20)18/h1-6H,7H2,(H2,18,19). The fourth-order valence-electron chi connectivity index (χ4n) is 2.10. The SMILES string of the molecule is Nc1nc2cc(F)c(F)cc2n1Cc1ccccc1Cl. The molecule has 0 aliphatic carbocycles. The van der Waals surface area contributed by atoms with Gasteiger partial charge in [-0.05, 0) is 11.6 Å². The first kappa shape index (κ1) is 12.9. The van der Waals surface area contributed by atoms with Crippen LogP contribution in [-0.4, -0.2) is 9.55 Å². The van der Waals surface area contributed by atoms with Crippen molar-refractivity contribution in [3.63, 3.8) is 0 Å². The van der Waals surface area contributed by atoms with Crippen molar-refractivity contribution in [1.29, 1.82) is 0 Å². The Morgan fingerprint density at radius 1 is 1.15 bits per heavy atom. The number of fused-ring (bicyclic) bond motifs is 1. The molecular formula is C14H10ClF2N3. The molecule has 0 radical (unpaired) electrons. The summed E-state index contributed by atoms with van der Waals surface area (Å²) in [6.07, 6.45) is 0. The maximum absolute atomic E-state index is 13.4. The fraction of sp³-hybridized carbons (Fsp3) is 0.0714. The smallest absolute Gasteiger partial charge is 0.201 e. The van der Waals surface area contributed by atoms with Gasteiger partial charge in [0.25, 0.3) is 0 Å². The van der Waals surface area contributed by atoms with Crippen molar-refractivity contribution in [1.82, 2.24) is 9.55 Å². The number of imidazole rings is 1. The number of anilines is 1. The van der Waals surface area contributed by atoms with Crippen molar-refractivity contribution < 1.29 is 8.78 Å². The second-order valence-corrected chi connectivity index (χ2v) is 4.81. The van der Waals surface area contributed by atoms with E-state index in [1.165, 1.54) is 0 Å². The van der Waals surface area contributed by atoms with Crippen LogP contribution < -0.4 is 5.73 Å². The van der Waals surface area contributed by atoms with Gasteiger partial charge in [-0.2, -0.15) is 0 Å². The van der Waals surface area contributed by atoms with Crippen LogP contribution in [0.1, 0.15) is 5.56 Å². The molecule has 0 atom stereocenters. The fourth-order valence-corrected chi connectivity index (χ4v) is 2.30. The van der Waals surface area contributed by atoms with Gasteiger partial charge >= 0.3 is 0 Å². The van der Waals surface area contributed by atoms with Gasteiger partial charge in [0, 0.05) is 17.2 Å². The van der Waals surface area contributed by atoms with Gasteiger partial charge in [-0.25, -0.2) is 13.8 Å². The van der Waals surface area contributed by atoms with Crippen molar-refractivity contribution in [2.75, 3.05) is 5.73 Å². The molecule has 1 aromatic heterocycles. The highest BCUT2D eigenvalue weighted by atomic mass is 35.5. The van der Waals surface area contributed by atoms with Gasteiger partial charge in [-0.3, -0.25) is 0 Å². The number of nitrogens with zero attached hydrogens (tertiary/aromatic N) is 2. The molecule has 20 heavy (non-hydrogen) atoms. The van der Waals surface area contributed by atoms with Crippen molar-refractivity contribution in [3.05, 3.63) is 58.6 Å². The quantitative estimate of drug-likeness (QED) is 0.784. The van der Waals surface area contributed by atoms with Gasteiger partial charge < -0.3 is 10.3 Å². The second kappa shape index (κ2) is 4.76. The molecule has 0 bridgehead atoms. The van der Waals surface area contributed by atoms with Crippen molar-refractivity contribution in [2.45, 2.75) is 6.54 Å². The number of nitrogen functional groups attached to an aromatic ring is 1. The van der Waals surface area contributed by atoms with Crippen molar-refractivity contribution in [2.24, 2.45) is 0 Å². The molecule has 1 heterocycles. The minimum Gasteiger partial charge on any atom is -0.369 e. The number of hydrogen-bond acceptors (Lipinski definition) is 2. The molecule has 0 amide bonds. The van der Waals surface area contributed by atoms with Gasteiger partial charge in [-0.15, -0.1) is 0 Å². The van der Waals surface area contributed by atoms with Crippen molar-refractivity contribution >= 4 is 28.6 Å². The lowest BCUT2D eigenvalue weighted by molar-refractivity contribution is 0.510. The number of hydrogen-bond donors (Lipinski definition) is 1. The highest BCUT2D eigenvalue weighted by Crippen LogP contribution is 2.24. The van der Waals surface area contributed by atoms with E-state index in [0.717, 1.165) is 17.7 Å². The van der Waals surface area contributed by atoms with Gasteiger partial charge in [0.2, 0.25) is 5.95 Å². The Bertz CT molecular complexity index is 798. The third-order valence-corrected chi connectivity index (χ3v) is 3.47. The Kier molecular flexibility index (Phi) is 3.06. The largest absolute Gasteiger partial charge is 0.369 e. The molecular weight excluding hydrogens is 284 g/mol. The van der Waals surface area contributed by atoms with E-state index in [9.17, 15) is 8.78 Å². The van der Waals surface area contributed by atoms with Gasteiger partial charge in [-0.1, -0.05) is 29.8 Å². The highest BCUT2D eigenvalue weighted by Gasteiger charge is 2.13. The summed E-state index contributed by atoms with van der Waals surface area (Å²) in [4.78, 5) is 4.03. The van der Waals surface area contributed by atoms with Crippen LogP contribution in [0.3, 0.4) is 0 Å². The molecule has 0 aliphatic rings. The lowest BCUT2D eigenvalue weighted by Crippen LogP contribution is -2.05. The summed E-state index contributed by atoms with van der Waals surface area (Å²) in [5.74, 6) is -1.69. The average Bonchev–Trinajstić information content (AvgIpc) is 2.69. The monoisotopic (exact) mass is 293 g/mol. The van der Waals surface area contributed by atoms with E-state index in [0.29, 0.717) is 22.6 Å². The zero-order chi connectivity index (χ0) is 14.3. The van der Waals surface area contributed by atoms with Crippen LogP contribution in [0.4, 0.5) is 14.7 Å². The van der Waals surface area contributed by atoms with Crippen LogP contribution in [0, 0.1) is 11.6 Å². The van der Waals surface area contributed by atoms with Crippen LogP contribution >= 0.6 is 11.6 Å². The minimum atomic E-state index is -0.945. The summed E-state index contributed by atoms with van der Waals surface area (Å²) in [6, 6.07) is 9.38. The summed E-state index contributed by atoms with van der Waals surface area (Å²) in [5.41, 5.74) is 7.38. The maximum atomic E-state index is 13.4. The Balaban J connectivity index is 2.14. The molecule has 0 aliphatic heterocycles. The molecule has 3 rings (SSSR count). The van der Waals surface area contributed by atoms with E-state index in [1.54, 1.807) is 10.6 Å². The number of halogens is 3. The first-order valence-corrected chi connectivity index (χ1v) is 6.28. The van der Waals surface area contributed by atoms with E-state index in [4.69, 9.17) is 17.3 Å². The first-order valence-electron chi connectivity index (χ1n) is 5.90. The highest BCUT2D eigenvalue weighted by molar-refractivity contribution is 6.31. The summed E-state index contributed by atoms with van der Waals surface area (Å²) >= 11 is 6.09. The van der Waals surface area contributed by atoms with E-state index in [2.05, 4.69) is 4.98 Å². The number of rotatable bonds is 2. The summed E-state index contributed by atoms with van der Waals surface area (Å²) in [7, 11) is 0. The second-order valence-electron chi connectivity index (χ2n) is 4.40. The normalized spacial score (nSPS) is 11.2. The van der Waals surface area contributed by atoms with Gasteiger partial charge in [0.15, 0.2) is 11.6 Å². The third-order valence-electron chi connectivity index (χ3n) is 3.11. The molecule has 3 aromatic rings. The molecule has 0 spiro atoms. The molecule has 6 heteroatoms. The van der Waals surface area contributed by atoms with E-state index >= 15 is 0 Å². The Labute approximate surface area is 118 Å². The molecule has 0 fully saturated rings. The van der Waals surface area contributed by atoms with Crippen LogP contribution in [0.15, 0.2) is 36.4 Å². The molecule has 0 unspecified atom stereocenters. The predicted octanol–water partition coefficient (Wildman–Crippen LogP) is 3.60. The van der Waals surface area contributed by atoms with Crippen LogP contribution in [0.5, 0.6) is 0 Å². The van der Waals surface area contributed by atoms with Crippen molar-refractivity contribution in [3.8, 4) is 0 Å². The average molecular weight is 294 g/mol. The minimum absolute atomic E-state index is 0.185. The Morgan fingerprint density at radius 3 is 2.60 bits per heavy atom. The lowest BCUT2D eigenvalue weighted by Gasteiger charge is -2.08.